The van der Waals surface area contributed by atoms with Gasteiger partial charge < -0.3 is 30.1 Å². The predicted molar refractivity (Wildman–Crippen MR) is 100 cm³/mol. The number of anilines is 2. The van der Waals surface area contributed by atoms with Crippen molar-refractivity contribution in [3.8, 4) is 11.5 Å². The van der Waals surface area contributed by atoms with Gasteiger partial charge in [0.25, 0.3) is 0 Å². The van der Waals surface area contributed by atoms with Gasteiger partial charge >= 0.3 is 5.69 Å². The minimum Gasteiger partial charge on any atom is -0.493 e. The molecular formula is C18H20N4O4. The van der Waals surface area contributed by atoms with Crippen molar-refractivity contribution in [2.24, 2.45) is 0 Å². The molecule has 0 saturated carbocycles. The van der Waals surface area contributed by atoms with Crippen LogP contribution in [0, 0.1) is 0 Å². The first-order valence-corrected chi connectivity index (χ1v) is 8.01. The van der Waals surface area contributed by atoms with Crippen molar-refractivity contribution in [2.45, 2.75) is 13.0 Å². The zero-order valence-electron chi connectivity index (χ0n) is 14.7. The highest BCUT2D eigenvalue weighted by atomic mass is 16.5. The fraction of sp³-hybridized carbons (Fsp3) is 0.222. The minimum atomic E-state index is -0.494. The second-order valence-corrected chi connectivity index (χ2v) is 5.76. The summed E-state index contributed by atoms with van der Waals surface area (Å²) in [5.41, 5.74) is 2.45. The second kappa shape index (κ2) is 7.22. The van der Waals surface area contributed by atoms with Gasteiger partial charge in [-0.05, 0) is 37.3 Å². The molecule has 0 aliphatic carbocycles. The van der Waals surface area contributed by atoms with E-state index in [2.05, 4.69) is 20.6 Å². The van der Waals surface area contributed by atoms with Crippen molar-refractivity contribution < 1.29 is 14.3 Å². The number of carbonyl (C=O) groups excluding carboxylic acids is 1. The molecule has 3 rings (SSSR count). The molecule has 0 aliphatic heterocycles. The van der Waals surface area contributed by atoms with Crippen LogP contribution in [0.4, 0.5) is 11.4 Å². The number of amides is 1. The van der Waals surface area contributed by atoms with Crippen molar-refractivity contribution in [1.82, 2.24) is 9.97 Å². The molecule has 0 fully saturated rings. The normalized spacial score (nSPS) is 11.8. The lowest BCUT2D eigenvalue weighted by molar-refractivity contribution is -0.116. The molecule has 0 spiro atoms. The summed E-state index contributed by atoms with van der Waals surface area (Å²) in [6.07, 6.45) is 0. The minimum absolute atomic E-state index is 0.208. The summed E-state index contributed by atoms with van der Waals surface area (Å²) in [6.45, 7) is 1.75. The average Bonchev–Trinajstić information content (AvgIpc) is 3.00. The van der Waals surface area contributed by atoms with Gasteiger partial charge in [0, 0.05) is 17.4 Å². The molecule has 0 radical (unpaired) electrons. The van der Waals surface area contributed by atoms with E-state index < -0.39 is 6.04 Å². The summed E-state index contributed by atoms with van der Waals surface area (Å²) in [6, 6.07) is 10.0. The molecule has 1 aromatic heterocycles. The van der Waals surface area contributed by atoms with Crippen molar-refractivity contribution in [3.05, 3.63) is 46.9 Å². The lowest BCUT2D eigenvalue weighted by Crippen LogP contribution is -2.31. The lowest BCUT2D eigenvalue weighted by atomic mass is 10.2. The van der Waals surface area contributed by atoms with E-state index in [1.54, 1.807) is 50.4 Å². The van der Waals surface area contributed by atoms with E-state index >= 15 is 0 Å². The number of aromatic nitrogens is 2. The summed E-state index contributed by atoms with van der Waals surface area (Å²) in [4.78, 5) is 29.1. The summed E-state index contributed by atoms with van der Waals surface area (Å²) >= 11 is 0. The maximum atomic E-state index is 12.4. The Kier molecular flexibility index (Phi) is 4.83. The van der Waals surface area contributed by atoms with Gasteiger partial charge in [0.1, 0.15) is 6.04 Å². The number of rotatable bonds is 6. The van der Waals surface area contributed by atoms with Gasteiger partial charge in [-0.3, -0.25) is 4.79 Å². The molecule has 0 bridgehead atoms. The van der Waals surface area contributed by atoms with E-state index in [-0.39, 0.29) is 11.6 Å². The Labute approximate surface area is 149 Å². The molecule has 0 saturated heterocycles. The highest BCUT2D eigenvalue weighted by molar-refractivity contribution is 5.96. The standard InChI is InChI=1S/C18H20N4O4/c1-10(19-11-4-6-13-14(8-11)22-18(24)21-13)17(23)20-12-5-7-15(25-2)16(9-12)26-3/h4-10,19H,1-3H3,(H,20,23)(H2,21,22,24). The molecule has 136 valence electrons. The number of hydrogen-bond acceptors (Lipinski definition) is 5. The van der Waals surface area contributed by atoms with E-state index in [0.717, 1.165) is 5.69 Å². The maximum absolute atomic E-state index is 12.4. The van der Waals surface area contributed by atoms with Gasteiger partial charge in [-0.15, -0.1) is 0 Å². The van der Waals surface area contributed by atoms with Crippen molar-refractivity contribution in [3.63, 3.8) is 0 Å². The first kappa shape index (κ1) is 17.4. The number of fused-ring (bicyclic) bond motifs is 1. The maximum Gasteiger partial charge on any atom is 0.323 e. The first-order valence-electron chi connectivity index (χ1n) is 8.01. The summed E-state index contributed by atoms with van der Waals surface area (Å²) in [5.74, 6) is 0.915. The number of hydrogen-bond donors (Lipinski definition) is 4. The Morgan fingerprint density at radius 2 is 1.65 bits per heavy atom. The Morgan fingerprint density at radius 1 is 0.962 bits per heavy atom. The zero-order valence-corrected chi connectivity index (χ0v) is 14.7. The molecular weight excluding hydrogens is 336 g/mol. The lowest BCUT2D eigenvalue weighted by Gasteiger charge is -2.16. The average molecular weight is 356 g/mol. The molecule has 3 aromatic rings. The molecule has 1 amide bonds. The molecule has 0 aliphatic rings. The van der Waals surface area contributed by atoms with Crippen LogP contribution >= 0.6 is 0 Å². The van der Waals surface area contributed by atoms with Crippen LogP contribution in [0.1, 0.15) is 6.92 Å². The molecule has 1 heterocycles. The number of ether oxygens (including phenoxy) is 2. The number of methoxy groups -OCH3 is 2. The van der Waals surface area contributed by atoms with Crippen molar-refractivity contribution >= 4 is 28.3 Å². The van der Waals surface area contributed by atoms with E-state index in [4.69, 9.17) is 9.47 Å². The Morgan fingerprint density at radius 3 is 2.38 bits per heavy atom. The number of carbonyl (C=O) groups is 1. The Hall–Kier alpha value is -3.42. The smallest absolute Gasteiger partial charge is 0.323 e. The van der Waals surface area contributed by atoms with E-state index in [0.29, 0.717) is 28.2 Å². The van der Waals surface area contributed by atoms with Gasteiger partial charge in [0.2, 0.25) is 5.91 Å². The molecule has 2 aromatic carbocycles. The third-order valence-corrected chi connectivity index (χ3v) is 3.94. The van der Waals surface area contributed by atoms with Crippen LogP contribution in [-0.4, -0.2) is 36.1 Å². The quantitative estimate of drug-likeness (QED) is 0.542. The Bertz CT molecular complexity index is 992. The van der Waals surface area contributed by atoms with E-state index in [1.807, 2.05) is 0 Å². The number of benzene rings is 2. The summed E-state index contributed by atoms with van der Waals surface area (Å²) in [7, 11) is 3.09. The third kappa shape index (κ3) is 3.64. The zero-order chi connectivity index (χ0) is 18.7. The van der Waals surface area contributed by atoms with Gasteiger partial charge in [0.05, 0.1) is 25.3 Å². The van der Waals surface area contributed by atoms with Gasteiger partial charge in [-0.1, -0.05) is 0 Å². The molecule has 1 unspecified atom stereocenters. The predicted octanol–water partition coefficient (Wildman–Crippen LogP) is 2.31. The fourth-order valence-corrected chi connectivity index (χ4v) is 2.60. The molecule has 8 nitrogen and oxygen atoms in total. The SMILES string of the molecule is COc1ccc(NC(=O)C(C)Nc2ccc3[nH]c(=O)[nH]c3c2)cc1OC. The molecule has 1 atom stereocenters. The summed E-state index contributed by atoms with van der Waals surface area (Å²) < 4.78 is 10.4. The number of aromatic amines is 2. The molecule has 4 N–H and O–H groups in total. The highest BCUT2D eigenvalue weighted by Gasteiger charge is 2.14. The highest BCUT2D eigenvalue weighted by Crippen LogP contribution is 2.29. The Balaban J connectivity index is 1.69. The first-order chi connectivity index (χ1) is 12.5. The van der Waals surface area contributed by atoms with Crippen LogP contribution in [0.5, 0.6) is 11.5 Å². The largest absolute Gasteiger partial charge is 0.493 e. The summed E-state index contributed by atoms with van der Waals surface area (Å²) in [5, 5.41) is 5.94. The van der Waals surface area contributed by atoms with E-state index in [1.165, 1.54) is 7.11 Å². The van der Waals surface area contributed by atoms with Crippen molar-refractivity contribution in [1.29, 1.82) is 0 Å². The van der Waals surface area contributed by atoms with Crippen LogP contribution in [0.15, 0.2) is 41.2 Å². The monoisotopic (exact) mass is 356 g/mol. The van der Waals surface area contributed by atoms with Crippen LogP contribution < -0.4 is 25.8 Å². The van der Waals surface area contributed by atoms with Crippen molar-refractivity contribution in [2.75, 3.05) is 24.9 Å². The van der Waals surface area contributed by atoms with Crippen LogP contribution in [-0.2, 0) is 4.79 Å². The fourth-order valence-electron chi connectivity index (χ4n) is 2.60. The molecule has 8 heteroatoms. The molecule has 26 heavy (non-hydrogen) atoms. The number of H-pyrrole nitrogens is 2. The van der Waals surface area contributed by atoms with E-state index in [9.17, 15) is 9.59 Å². The van der Waals surface area contributed by atoms with Gasteiger partial charge in [0.15, 0.2) is 11.5 Å². The van der Waals surface area contributed by atoms with Crippen LogP contribution in [0.2, 0.25) is 0 Å². The number of nitrogens with one attached hydrogen (secondary N) is 4. The van der Waals surface area contributed by atoms with Gasteiger partial charge in [-0.2, -0.15) is 0 Å². The second-order valence-electron chi connectivity index (χ2n) is 5.76. The van der Waals surface area contributed by atoms with Gasteiger partial charge in [-0.25, -0.2) is 4.79 Å². The third-order valence-electron chi connectivity index (χ3n) is 3.94. The topological polar surface area (TPSA) is 108 Å². The van der Waals surface area contributed by atoms with Crippen LogP contribution in [0.3, 0.4) is 0 Å². The number of imidazole rings is 1. The van der Waals surface area contributed by atoms with Crippen LogP contribution in [0.25, 0.3) is 11.0 Å².